The van der Waals surface area contributed by atoms with Crippen molar-refractivity contribution in [2.24, 2.45) is 7.05 Å². The third-order valence-electron chi connectivity index (χ3n) is 5.82. The van der Waals surface area contributed by atoms with Crippen LogP contribution in [0.25, 0.3) is 22.4 Å². The van der Waals surface area contributed by atoms with Crippen molar-refractivity contribution in [3.8, 4) is 22.4 Å². The zero-order chi connectivity index (χ0) is 20.8. The smallest absolute Gasteiger partial charge is 0.255 e. The van der Waals surface area contributed by atoms with Gasteiger partial charge in [0.25, 0.3) is 5.91 Å². The molecule has 30 heavy (non-hydrogen) atoms. The molecule has 0 saturated carbocycles. The molecule has 1 atom stereocenters. The SMILES string of the molecule is Cn1ncc(-c2ccc3c(c2)CN([C@H]2CCC(=O)NC2=O)C3=O)c1-c1ccccc1. The van der Waals surface area contributed by atoms with Crippen LogP contribution in [0.15, 0.2) is 54.7 Å². The van der Waals surface area contributed by atoms with E-state index in [9.17, 15) is 14.4 Å². The molecule has 2 aromatic carbocycles. The highest BCUT2D eigenvalue weighted by molar-refractivity contribution is 6.05. The number of nitrogens with zero attached hydrogens (tertiary/aromatic N) is 3. The highest BCUT2D eigenvalue weighted by Gasteiger charge is 2.39. The maximum Gasteiger partial charge on any atom is 0.255 e. The Bertz CT molecular complexity index is 1180. The van der Waals surface area contributed by atoms with Gasteiger partial charge in [0, 0.05) is 36.7 Å². The average Bonchev–Trinajstić information content (AvgIpc) is 3.28. The van der Waals surface area contributed by atoms with Crippen LogP contribution >= 0.6 is 0 Å². The van der Waals surface area contributed by atoms with Gasteiger partial charge in [-0.15, -0.1) is 0 Å². The normalized spacial score (nSPS) is 18.5. The third kappa shape index (κ3) is 2.90. The summed E-state index contributed by atoms with van der Waals surface area (Å²) in [4.78, 5) is 38.2. The molecule has 0 unspecified atom stereocenters. The van der Waals surface area contributed by atoms with Gasteiger partial charge in [-0.05, 0) is 29.7 Å². The van der Waals surface area contributed by atoms with E-state index >= 15 is 0 Å². The van der Waals surface area contributed by atoms with Crippen LogP contribution in [0.1, 0.15) is 28.8 Å². The van der Waals surface area contributed by atoms with E-state index in [2.05, 4.69) is 10.4 Å². The van der Waals surface area contributed by atoms with Gasteiger partial charge in [-0.2, -0.15) is 5.10 Å². The lowest BCUT2D eigenvalue weighted by Gasteiger charge is -2.29. The molecule has 0 aliphatic carbocycles. The standard InChI is InChI=1S/C23H20N4O3/c1-26-21(14-5-3-2-4-6-14)18(12-24-26)15-7-8-17-16(11-15)13-27(23(17)30)19-9-10-20(28)25-22(19)29/h2-8,11-12,19H,9-10,13H2,1H3,(H,25,28,29)/t19-/m0/s1. The number of amides is 3. The number of carbonyl (C=O) groups excluding carboxylic acids is 3. The van der Waals surface area contributed by atoms with E-state index in [0.717, 1.165) is 27.9 Å². The number of piperidine rings is 1. The first kappa shape index (κ1) is 18.3. The summed E-state index contributed by atoms with van der Waals surface area (Å²) in [6.07, 6.45) is 2.44. The highest BCUT2D eigenvalue weighted by atomic mass is 16.2. The molecule has 150 valence electrons. The fourth-order valence-electron chi connectivity index (χ4n) is 4.33. The molecule has 0 bridgehead atoms. The minimum absolute atomic E-state index is 0.166. The average molecular weight is 400 g/mol. The first-order valence-corrected chi connectivity index (χ1v) is 9.88. The van der Waals surface area contributed by atoms with Crippen molar-refractivity contribution in [2.45, 2.75) is 25.4 Å². The van der Waals surface area contributed by atoms with Gasteiger partial charge in [-0.1, -0.05) is 36.4 Å². The van der Waals surface area contributed by atoms with Crippen molar-refractivity contribution in [2.75, 3.05) is 0 Å². The zero-order valence-electron chi connectivity index (χ0n) is 16.5. The van der Waals surface area contributed by atoms with Gasteiger partial charge in [0.2, 0.25) is 11.8 Å². The lowest BCUT2D eigenvalue weighted by atomic mass is 9.98. The maximum atomic E-state index is 12.9. The zero-order valence-corrected chi connectivity index (χ0v) is 16.5. The molecule has 0 spiro atoms. The van der Waals surface area contributed by atoms with Crippen LogP contribution in [0, 0.1) is 0 Å². The molecule has 0 radical (unpaired) electrons. The van der Waals surface area contributed by atoms with Gasteiger partial charge in [0.05, 0.1) is 11.9 Å². The Balaban J connectivity index is 1.49. The van der Waals surface area contributed by atoms with E-state index in [1.165, 1.54) is 0 Å². The molecule has 3 amide bonds. The Labute approximate surface area is 173 Å². The van der Waals surface area contributed by atoms with Gasteiger partial charge < -0.3 is 4.90 Å². The summed E-state index contributed by atoms with van der Waals surface area (Å²) in [6.45, 7) is 0.356. The number of nitrogens with one attached hydrogen (secondary N) is 1. The van der Waals surface area contributed by atoms with Crippen molar-refractivity contribution < 1.29 is 14.4 Å². The number of benzene rings is 2. The van der Waals surface area contributed by atoms with Gasteiger partial charge in [0.1, 0.15) is 6.04 Å². The van der Waals surface area contributed by atoms with Crippen LogP contribution in [0.3, 0.4) is 0 Å². The molecule has 1 N–H and O–H groups in total. The van der Waals surface area contributed by atoms with E-state index in [0.29, 0.717) is 18.5 Å². The molecule has 5 rings (SSSR count). The summed E-state index contributed by atoms with van der Waals surface area (Å²) >= 11 is 0. The van der Waals surface area contributed by atoms with Crippen LogP contribution in [-0.2, 0) is 23.2 Å². The van der Waals surface area contributed by atoms with Crippen molar-refractivity contribution in [1.29, 1.82) is 0 Å². The first-order valence-electron chi connectivity index (χ1n) is 9.88. The molecule has 3 aromatic rings. The molecular weight excluding hydrogens is 380 g/mol. The Morgan fingerprint density at radius 2 is 1.80 bits per heavy atom. The van der Waals surface area contributed by atoms with E-state index in [1.54, 1.807) is 4.90 Å². The van der Waals surface area contributed by atoms with Gasteiger partial charge in [-0.3, -0.25) is 24.4 Å². The Kier molecular flexibility index (Phi) is 4.24. The van der Waals surface area contributed by atoms with Gasteiger partial charge in [0.15, 0.2) is 0 Å². The fourth-order valence-corrected chi connectivity index (χ4v) is 4.33. The molecule has 3 heterocycles. The van der Waals surface area contributed by atoms with Crippen LogP contribution in [-0.4, -0.2) is 38.4 Å². The Morgan fingerprint density at radius 1 is 1.00 bits per heavy atom. The van der Waals surface area contributed by atoms with Gasteiger partial charge in [-0.25, -0.2) is 0 Å². The van der Waals surface area contributed by atoms with Gasteiger partial charge >= 0.3 is 0 Å². The quantitative estimate of drug-likeness (QED) is 0.685. The summed E-state index contributed by atoms with van der Waals surface area (Å²) in [7, 11) is 1.91. The predicted octanol–water partition coefficient (Wildman–Crippen LogP) is 2.52. The molecule has 7 nitrogen and oxygen atoms in total. The molecule has 1 fully saturated rings. The Hall–Kier alpha value is -3.74. The van der Waals surface area contributed by atoms with Crippen LogP contribution in [0.2, 0.25) is 0 Å². The van der Waals surface area contributed by atoms with E-state index in [1.807, 2.05) is 66.5 Å². The van der Waals surface area contributed by atoms with E-state index in [4.69, 9.17) is 0 Å². The van der Waals surface area contributed by atoms with E-state index < -0.39 is 11.9 Å². The molecule has 1 saturated heterocycles. The second-order valence-corrected chi connectivity index (χ2v) is 7.67. The second kappa shape index (κ2) is 6.95. The molecule has 1 aromatic heterocycles. The van der Waals surface area contributed by atoms with Crippen LogP contribution in [0.5, 0.6) is 0 Å². The maximum absolute atomic E-state index is 12.9. The first-order chi connectivity index (χ1) is 14.5. The summed E-state index contributed by atoms with van der Waals surface area (Å²) in [5.74, 6) is -0.848. The van der Waals surface area contributed by atoms with E-state index in [-0.39, 0.29) is 18.2 Å². The largest absolute Gasteiger partial charge is 0.322 e. The second-order valence-electron chi connectivity index (χ2n) is 7.67. The summed E-state index contributed by atoms with van der Waals surface area (Å²) in [6, 6.07) is 15.2. The number of hydrogen-bond acceptors (Lipinski definition) is 4. The molecule has 2 aliphatic heterocycles. The predicted molar refractivity (Wildman–Crippen MR) is 110 cm³/mol. The number of fused-ring (bicyclic) bond motifs is 1. The lowest BCUT2D eigenvalue weighted by Crippen LogP contribution is -2.52. The minimum atomic E-state index is -0.607. The van der Waals surface area contributed by atoms with Crippen LogP contribution < -0.4 is 5.32 Å². The summed E-state index contributed by atoms with van der Waals surface area (Å²) < 4.78 is 1.85. The number of carbonyl (C=O) groups is 3. The topological polar surface area (TPSA) is 84.3 Å². The molecule has 7 heteroatoms. The minimum Gasteiger partial charge on any atom is -0.322 e. The number of aromatic nitrogens is 2. The van der Waals surface area contributed by atoms with Crippen LogP contribution in [0.4, 0.5) is 0 Å². The molecular formula is C23H20N4O3. The number of aryl methyl sites for hydroxylation is 1. The number of rotatable bonds is 3. The lowest BCUT2D eigenvalue weighted by molar-refractivity contribution is -0.136. The van der Waals surface area contributed by atoms with Crippen molar-refractivity contribution in [1.82, 2.24) is 20.0 Å². The van der Waals surface area contributed by atoms with Crippen molar-refractivity contribution in [3.05, 3.63) is 65.9 Å². The van der Waals surface area contributed by atoms with Crippen molar-refractivity contribution >= 4 is 17.7 Å². The monoisotopic (exact) mass is 400 g/mol. The fraction of sp³-hybridized carbons (Fsp3) is 0.217. The Morgan fingerprint density at radius 3 is 2.57 bits per heavy atom. The summed E-state index contributed by atoms with van der Waals surface area (Å²) in [5.41, 5.74) is 5.51. The number of hydrogen-bond donors (Lipinski definition) is 1. The molecule has 2 aliphatic rings. The highest BCUT2D eigenvalue weighted by Crippen LogP contribution is 2.35. The summed E-state index contributed by atoms with van der Waals surface area (Å²) in [5, 5.41) is 6.77. The van der Waals surface area contributed by atoms with Crippen molar-refractivity contribution in [3.63, 3.8) is 0 Å². The number of imide groups is 1. The third-order valence-corrected chi connectivity index (χ3v) is 5.82.